The van der Waals surface area contributed by atoms with Crippen LogP contribution in [0.2, 0.25) is 0 Å². The molecule has 2 rings (SSSR count). The minimum absolute atomic E-state index is 0.249. The standard InChI is InChI=1S/C10H15N3O2S/c1-3-15-10(14)7-8(11)13-16-9(7)12-6-4-5(6)2/h5-6,12H,3-4H2,1-2H3,(H2,11,13). The summed E-state index contributed by atoms with van der Waals surface area (Å²) in [6.45, 7) is 4.27. The number of hydrogen-bond acceptors (Lipinski definition) is 6. The molecule has 1 aliphatic rings. The summed E-state index contributed by atoms with van der Waals surface area (Å²) >= 11 is 1.21. The lowest BCUT2D eigenvalue weighted by molar-refractivity contribution is 0.0529. The Morgan fingerprint density at radius 3 is 3.00 bits per heavy atom. The van der Waals surface area contributed by atoms with Gasteiger partial charge in [-0.15, -0.1) is 0 Å². The first-order valence-electron chi connectivity index (χ1n) is 5.32. The molecule has 16 heavy (non-hydrogen) atoms. The lowest BCUT2D eigenvalue weighted by Gasteiger charge is -2.05. The minimum atomic E-state index is -0.399. The van der Waals surface area contributed by atoms with Crippen molar-refractivity contribution in [3.8, 4) is 0 Å². The van der Waals surface area contributed by atoms with Gasteiger partial charge in [-0.2, -0.15) is 4.37 Å². The number of aromatic nitrogens is 1. The molecule has 0 saturated heterocycles. The first-order chi connectivity index (χ1) is 7.63. The fraction of sp³-hybridized carbons (Fsp3) is 0.600. The van der Waals surface area contributed by atoms with E-state index in [9.17, 15) is 4.79 Å². The molecule has 88 valence electrons. The Balaban J connectivity index is 2.15. The van der Waals surface area contributed by atoms with Crippen LogP contribution in [0.15, 0.2) is 0 Å². The van der Waals surface area contributed by atoms with Crippen molar-refractivity contribution in [3.63, 3.8) is 0 Å². The predicted molar refractivity (Wildman–Crippen MR) is 63.7 cm³/mol. The Kier molecular flexibility index (Phi) is 3.00. The van der Waals surface area contributed by atoms with Gasteiger partial charge in [-0.25, -0.2) is 4.79 Å². The summed E-state index contributed by atoms with van der Waals surface area (Å²) in [5, 5.41) is 4.00. The van der Waals surface area contributed by atoms with Crippen LogP contribution in [0.4, 0.5) is 10.8 Å². The molecule has 2 unspecified atom stereocenters. The van der Waals surface area contributed by atoms with E-state index < -0.39 is 5.97 Å². The normalized spacial score (nSPS) is 22.9. The molecule has 0 amide bonds. The zero-order valence-corrected chi connectivity index (χ0v) is 10.1. The van der Waals surface area contributed by atoms with E-state index in [0.29, 0.717) is 24.1 Å². The smallest absolute Gasteiger partial charge is 0.344 e. The van der Waals surface area contributed by atoms with Crippen LogP contribution in [-0.2, 0) is 4.74 Å². The van der Waals surface area contributed by atoms with E-state index in [1.165, 1.54) is 11.5 Å². The first kappa shape index (κ1) is 11.2. The van der Waals surface area contributed by atoms with Gasteiger partial charge in [-0.1, -0.05) is 6.92 Å². The van der Waals surface area contributed by atoms with Crippen molar-refractivity contribution < 1.29 is 9.53 Å². The maximum atomic E-state index is 11.7. The maximum Gasteiger partial charge on any atom is 0.344 e. The van der Waals surface area contributed by atoms with Crippen molar-refractivity contribution in [2.24, 2.45) is 5.92 Å². The second-order valence-corrected chi connectivity index (χ2v) is 4.73. The van der Waals surface area contributed by atoms with E-state index >= 15 is 0 Å². The third kappa shape index (κ3) is 2.11. The molecule has 1 aromatic heterocycles. The molecule has 1 fully saturated rings. The van der Waals surface area contributed by atoms with Crippen molar-refractivity contribution in [2.75, 3.05) is 17.7 Å². The molecule has 5 nitrogen and oxygen atoms in total. The largest absolute Gasteiger partial charge is 0.462 e. The molecule has 2 atom stereocenters. The molecule has 0 radical (unpaired) electrons. The van der Waals surface area contributed by atoms with Crippen LogP contribution in [-0.4, -0.2) is 23.0 Å². The summed E-state index contributed by atoms with van der Waals surface area (Å²) in [6, 6.07) is 0.438. The van der Waals surface area contributed by atoms with Gasteiger partial charge in [0.05, 0.1) is 6.61 Å². The van der Waals surface area contributed by atoms with Gasteiger partial charge in [0.2, 0.25) is 0 Å². The fourth-order valence-corrected chi connectivity index (χ4v) is 2.26. The molecule has 1 aromatic rings. The van der Waals surface area contributed by atoms with Crippen molar-refractivity contribution in [1.82, 2.24) is 4.37 Å². The number of anilines is 2. The van der Waals surface area contributed by atoms with Gasteiger partial charge in [-0.05, 0) is 30.8 Å². The van der Waals surface area contributed by atoms with E-state index in [2.05, 4.69) is 16.6 Å². The molecular weight excluding hydrogens is 226 g/mol. The summed E-state index contributed by atoms with van der Waals surface area (Å²) in [6.07, 6.45) is 1.13. The van der Waals surface area contributed by atoms with Crippen LogP contribution >= 0.6 is 11.5 Å². The zero-order chi connectivity index (χ0) is 11.7. The van der Waals surface area contributed by atoms with Gasteiger partial charge in [0.25, 0.3) is 0 Å². The second kappa shape index (κ2) is 4.29. The lowest BCUT2D eigenvalue weighted by Crippen LogP contribution is -2.11. The van der Waals surface area contributed by atoms with E-state index in [1.54, 1.807) is 6.92 Å². The van der Waals surface area contributed by atoms with E-state index in [1.807, 2.05) is 0 Å². The van der Waals surface area contributed by atoms with Gasteiger partial charge in [-0.3, -0.25) is 0 Å². The molecule has 1 saturated carbocycles. The van der Waals surface area contributed by atoms with Crippen molar-refractivity contribution in [3.05, 3.63) is 5.56 Å². The summed E-state index contributed by atoms with van der Waals surface area (Å²) in [4.78, 5) is 11.7. The van der Waals surface area contributed by atoms with Gasteiger partial charge >= 0.3 is 5.97 Å². The van der Waals surface area contributed by atoms with E-state index in [0.717, 1.165) is 11.4 Å². The number of rotatable bonds is 4. The quantitative estimate of drug-likeness (QED) is 0.785. The van der Waals surface area contributed by atoms with Crippen LogP contribution in [0.25, 0.3) is 0 Å². The number of ether oxygens (including phenoxy) is 1. The highest BCUT2D eigenvalue weighted by Crippen LogP contribution is 2.36. The molecule has 3 N–H and O–H groups in total. The highest BCUT2D eigenvalue weighted by atomic mass is 32.1. The van der Waals surface area contributed by atoms with Gasteiger partial charge in [0.1, 0.15) is 10.6 Å². The summed E-state index contributed by atoms with van der Waals surface area (Å²) in [7, 11) is 0. The monoisotopic (exact) mass is 241 g/mol. The summed E-state index contributed by atoms with van der Waals surface area (Å²) in [5.41, 5.74) is 6.04. The molecule has 0 aromatic carbocycles. The average Bonchev–Trinajstić information content (AvgIpc) is 2.77. The van der Waals surface area contributed by atoms with Crippen LogP contribution in [0.1, 0.15) is 30.6 Å². The molecule has 0 aliphatic heterocycles. The van der Waals surface area contributed by atoms with Crippen LogP contribution in [0.3, 0.4) is 0 Å². The number of nitrogens with zero attached hydrogens (tertiary/aromatic N) is 1. The number of hydrogen-bond donors (Lipinski definition) is 2. The molecule has 0 bridgehead atoms. The Bertz CT molecular complexity index is 405. The highest BCUT2D eigenvalue weighted by Gasteiger charge is 2.34. The van der Waals surface area contributed by atoms with Crippen LogP contribution in [0.5, 0.6) is 0 Å². The van der Waals surface area contributed by atoms with Crippen LogP contribution in [0, 0.1) is 5.92 Å². The van der Waals surface area contributed by atoms with Crippen LogP contribution < -0.4 is 11.1 Å². The number of nitrogens with two attached hydrogens (primary N) is 1. The fourth-order valence-electron chi connectivity index (χ4n) is 1.49. The Hall–Kier alpha value is -1.30. The second-order valence-electron chi connectivity index (χ2n) is 3.96. The van der Waals surface area contributed by atoms with Crippen molar-refractivity contribution >= 4 is 28.3 Å². The summed E-state index contributed by atoms with van der Waals surface area (Å²) < 4.78 is 8.93. The van der Waals surface area contributed by atoms with Crippen molar-refractivity contribution in [2.45, 2.75) is 26.3 Å². The van der Waals surface area contributed by atoms with Gasteiger partial charge < -0.3 is 15.8 Å². The molecule has 6 heteroatoms. The molecular formula is C10H15N3O2S. The molecule has 0 spiro atoms. The topological polar surface area (TPSA) is 77.2 Å². The average molecular weight is 241 g/mol. The Labute approximate surface area is 98.1 Å². The van der Waals surface area contributed by atoms with Gasteiger partial charge in [0, 0.05) is 6.04 Å². The maximum absolute atomic E-state index is 11.7. The number of nitrogens with one attached hydrogen (secondary N) is 1. The number of carbonyl (C=O) groups excluding carboxylic acids is 1. The number of esters is 1. The highest BCUT2D eigenvalue weighted by molar-refractivity contribution is 7.11. The first-order valence-corrected chi connectivity index (χ1v) is 6.09. The predicted octanol–water partition coefficient (Wildman–Crippen LogP) is 1.72. The van der Waals surface area contributed by atoms with E-state index in [4.69, 9.17) is 10.5 Å². The van der Waals surface area contributed by atoms with Crippen molar-refractivity contribution in [1.29, 1.82) is 0 Å². The Morgan fingerprint density at radius 2 is 2.44 bits per heavy atom. The minimum Gasteiger partial charge on any atom is -0.462 e. The third-order valence-electron chi connectivity index (χ3n) is 2.62. The molecule has 1 heterocycles. The molecule has 1 aliphatic carbocycles. The Morgan fingerprint density at radius 1 is 1.75 bits per heavy atom. The SMILES string of the molecule is CCOC(=O)c1c(N)nsc1NC1CC1C. The third-order valence-corrected chi connectivity index (χ3v) is 3.42. The van der Waals surface area contributed by atoms with E-state index in [-0.39, 0.29) is 5.82 Å². The summed E-state index contributed by atoms with van der Waals surface area (Å²) in [5.74, 6) is 0.502. The van der Waals surface area contributed by atoms with Gasteiger partial charge in [0.15, 0.2) is 5.82 Å². The number of carbonyl (C=O) groups is 1. The lowest BCUT2D eigenvalue weighted by atomic mass is 10.3. The zero-order valence-electron chi connectivity index (χ0n) is 9.32. The number of nitrogen functional groups attached to an aromatic ring is 1.